The number of carbonyl (C=O) groups excluding carboxylic acids is 1. The molecule has 2 saturated heterocycles. The van der Waals surface area contributed by atoms with Crippen LogP contribution in [0.25, 0.3) is 0 Å². The van der Waals surface area contributed by atoms with E-state index in [1.165, 1.54) is 11.4 Å². The largest absolute Gasteiger partial charge is 0.333 e. The van der Waals surface area contributed by atoms with Crippen molar-refractivity contribution < 1.29 is 4.79 Å². The molecule has 1 aromatic heterocycles. The van der Waals surface area contributed by atoms with Crippen molar-refractivity contribution in [2.45, 2.75) is 24.1 Å². The van der Waals surface area contributed by atoms with Gasteiger partial charge in [0.1, 0.15) is 0 Å². The number of hydrogen-bond donors (Lipinski definition) is 0. The smallest absolute Gasteiger partial charge is 0.237 e. The average Bonchev–Trinajstić information content (AvgIpc) is 3.07. The Balaban J connectivity index is 1.75. The van der Waals surface area contributed by atoms with Crippen LogP contribution in [-0.2, 0) is 11.8 Å². The lowest BCUT2D eigenvalue weighted by atomic mass is 10.1. The van der Waals surface area contributed by atoms with Gasteiger partial charge in [-0.2, -0.15) is 16.9 Å². The van der Waals surface area contributed by atoms with Gasteiger partial charge < -0.3 is 4.90 Å². The van der Waals surface area contributed by atoms with E-state index in [1.54, 1.807) is 0 Å². The third-order valence-electron chi connectivity index (χ3n) is 3.83. The van der Waals surface area contributed by atoms with Crippen molar-refractivity contribution in [3.8, 4) is 0 Å². The molecule has 3 rings (SSSR count). The minimum Gasteiger partial charge on any atom is -0.333 e. The van der Waals surface area contributed by atoms with Gasteiger partial charge in [-0.05, 0) is 18.9 Å². The first-order chi connectivity index (χ1) is 9.27. The molecule has 104 valence electrons. The Hall–Kier alpha value is -0.620. The number of aromatic nitrogens is 2. The highest BCUT2D eigenvalue weighted by Gasteiger charge is 2.35. The van der Waals surface area contributed by atoms with E-state index in [2.05, 4.69) is 10.00 Å². The number of rotatable bonds is 2. The van der Waals surface area contributed by atoms with Crippen molar-refractivity contribution in [1.29, 1.82) is 0 Å². The van der Waals surface area contributed by atoms with E-state index < -0.39 is 0 Å². The van der Waals surface area contributed by atoms with Crippen LogP contribution in [0.1, 0.15) is 24.6 Å². The molecule has 19 heavy (non-hydrogen) atoms. The summed E-state index contributed by atoms with van der Waals surface area (Å²) >= 11 is 3.73. The number of thioether (sulfide) groups is 2. The van der Waals surface area contributed by atoms with Crippen LogP contribution in [0.15, 0.2) is 12.3 Å². The van der Waals surface area contributed by atoms with Gasteiger partial charge in [0.05, 0.1) is 17.0 Å². The minimum absolute atomic E-state index is 0.160. The molecule has 0 saturated carbocycles. The Morgan fingerprint density at radius 2 is 2.37 bits per heavy atom. The van der Waals surface area contributed by atoms with E-state index in [9.17, 15) is 4.79 Å². The topological polar surface area (TPSA) is 38.1 Å². The van der Waals surface area contributed by atoms with Crippen LogP contribution in [0.3, 0.4) is 0 Å². The van der Waals surface area contributed by atoms with Crippen molar-refractivity contribution in [2.24, 2.45) is 7.05 Å². The van der Waals surface area contributed by atoms with Crippen molar-refractivity contribution in [3.05, 3.63) is 18.0 Å². The standard InChI is InChI=1S/C13H19N3OS2/c1-15-10(4-5-14-15)11-3-2-6-16(11)13(17)12-9-18-7-8-19-12/h4-5,11-12H,2-3,6-9H2,1H3. The Morgan fingerprint density at radius 3 is 3.05 bits per heavy atom. The highest BCUT2D eigenvalue weighted by atomic mass is 32.2. The summed E-state index contributed by atoms with van der Waals surface area (Å²) in [4.78, 5) is 14.8. The summed E-state index contributed by atoms with van der Waals surface area (Å²) in [5.74, 6) is 3.59. The van der Waals surface area contributed by atoms with Crippen LogP contribution in [0.2, 0.25) is 0 Å². The van der Waals surface area contributed by atoms with E-state index in [4.69, 9.17) is 0 Å². The van der Waals surface area contributed by atoms with Crippen molar-refractivity contribution in [1.82, 2.24) is 14.7 Å². The molecular weight excluding hydrogens is 278 g/mol. The third kappa shape index (κ3) is 2.65. The van der Waals surface area contributed by atoms with E-state index >= 15 is 0 Å². The molecule has 0 radical (unpaired) electrons. The molecule has 0 aliphatic carbocycles. The molecular formula is C13H19N3OS2. The molecule has 0 spiro atoms. The fourth-order valence-corrected chi connectivity index (χ4v) is 5.48. The van der Waals surface area contributed by atoms with Crippen molar-refractivity contribution in [3.63, 3.8) is 0 Å². The summed E-state index contributed by atoms with van der Waals surface area (Å²) in [6, 6.07) is 2.27. The molecule has 3 heterocycles. The number of nitrogens with zero attached hydrogens (tertiary/aromatic N) is 3. The first-order valence-electron chi connectivity index (χ1n) is 6.75. The normalized spacial score (nSPS) is 27.7. The maximum atomic E-state index is 12.7. The van der Waals surface area contributed by atoms with Crippen LogP contribution in [0, 0.1) is 0 Å². The fraction of sp³-hybridized carbons (Fsp3) is 0.692. The van der Waals surface area contributed by atoms with Crippen molar-refractivity contribution in [2.75, 3.05) is 23.8 Å². The summed E-state index contributed by atoms with van der Waals surface area (Å²) in [6.45, 7) is 0.899. The van der Waals surface area contributed by atoms with E-state index in [0.29, 0.717) is 5.91 Å². The lowest BCUT2D eigenvalue weighted by Gasteiger charge is -2.30. The molecule has 2 unspecified atom stereocenters. The number of hydrogen-bond acceptors (Lipinski definition) is 4. The zero-order valence-electron chi connectivity index (χ0n) is 11.1. The summed E-state index contributed by atoms with van der Waals surface area (Å²) in [7, 11) is 1.96. The Morgan fingerprint density at radius 1 is 1.47 bits per heavy atom. The molecule has 6 heteroatoms. The van der Waals surface area contributed by atoms with Crippen LogP contribution < -0.4 is 0 Å². The van der Waals surface area contributed by atoms with Gasteiger partial charge in [-0.1, -0.05) is 0 Å². The first kappa shape index (κ1) is 13.4. The Kier molecular flexibility index (Phi) is 4.07. The predicted octanol–water partition coefficient (Wildman–Crippen LogP) is 1.93. The molecule has 1 aromatic rings. The van der Waals surface area contributed by atoms with Gasteiger partial charge in [-0.3, -0.25) is 9.48 Å². The number of carbonyl (C=O) groups is 1. The molecule has 0 N–H and O–H groups in total. The molecule has 0 aromatic carbocycles. The van der Waals surface area contributed by atoms with E-state index in [0.717, 1.165) is 30.9 Å². The summed E-state index contributed by atoms with van der Waals surface area (Å²) in [5.41, 5.74) is 1.17. The van der Waals surface area contributed by atoms with Gasteiger partial charge in [0.25, 0.3) is 0 Å². The maximum absolute atomic E-state index is 12.7. The van der Waals surface area contributed by atoms with Crippen molar-refractivity contribution >= 4 is 29.4 Å². The van der Waals surface area contributed by atoms with Crippen LogP contribution in [0.5, 0.6) is 0 Å². The lowest BCUT2D eigenvalue weighted by molar-refractivity contribution is -0.131. The van der Waals surface area contributed by atoms with Crippen LogP contribution in [-0.4, -0.2) is 49.6 Å². The first-order valence-corrected chi connectivity index (χ1v) is 8.95. The highest BCUT2D eigenvalue weighted by molar-refractivity contribution is 8.07. The van der Waals surface area contributed by atoms with E-state index in [-0.39, 0.29) is 11.3 Å². The minimum atomic E-state index is 0.160. The molecule has 2 fully saturated rings. The Labute approximate surface area is 122 Å². The summed E-state index contributed by atoms with van der Waals surface area (Å²) in [5, 5.41) is 4.40. The molecule has 2 atom stereocenters. The number of aryl methyl sites for hydroxylation is 1. The zero-order valence-corrected chi connectivity index (χ0v) is 12.8. The van der Waals surface area contributed by atoms with Gasteiger partial charge in [0.15, 0.2) is 0 Å². The number of likely N-dealkylation sites (tertiary alicyclic amines) is 1. The monoisotopic (exact) mass is 297 g/mol. The van der Waals surface area contributed by atoms with Gasteiger partial charge in [0, 0.05) is 37.0 Å². The predicted molar refractivity (Wildman–Crippen MR) is 80.5 cm³/mol. The fourth-order valence-electron chi connectivity index (χ4n) is 2.86. The van der Waals surface area contributed by atoms with E-state index in [1.807, 2.05) is 47.5 Å². The molecule has 2 aliphatic heterocycles. The van der Waals surface area contributed by atoms with Gasteiger partial charge in [0.2, 0.25) is 5.91 Å². The lowest BCUT2D eigenvalue weighted by Crippen LogP contribution is -2.40. The van der Waals surface area contributed by atoms with Crippen LogP contribution in [0.4, 0.5) is 0 Å². The average molecular weight is 297 g/mol. The van der Waals surface area contributed by atoms with Crippen LogP contribution >= 0.6 is 23.5 Å². The number of amides is 1. The second kappa shape index (κ2) is 5.79. The zero-order chi connectivity index (χ0) is 13.2. The molecule has 2 aliphatic rings. The van der Waals surface area contributed by atoms with Gasteiger partial charge in [-0.25, -0.2) is 0 Å². The molecule has 1 amide bonds. The maximum Gasteiger partial charge on any atom is 0.237 e. The Bertz CT molecular complexity index is 456. The van der Waals surface area contributed by atoms with Gasteiger partial charge >= 0.3 is 0 Å². The van der Waals surface area contributed by atoms with Gasteiger partial charge in [-0.15, -0.1) is 11.8 Å². The third-order valence-corrected chi connectivity index (χ3v) is 6.57. The second-order valence-electron chi connectivity index (χ2n) is 5.00. The summed E-state index contributed by atoms with van der Waals surface area (Å²) in [6.07, 6.45) is 3.99. The summed E-state index contributed by atoms with van der Waals surface area (Å²) < 4.78 is 1.90. The quantitative estimate of drug-likeness (QED) is 0.836. The molecule has 4 nitrogen and oxygen atoms in total. The second-order valence-corrected chi connectivity index (χ2v) is 7.46. The molecule has 0 bridgehead atoms. The highest BCUT2D eigenvalue weighted by Crippen LogP contribution is 2.35. The SMILES string of the molecule is Cn1nccc1C1CCCN1C(=O)C1CSCCS1.